The molecule has 6 heteroatoms. The predicted octanol–water partition coefficient (Wildman–Crippen LogP) is 2.14. The van der Waals surface area contributed by atoms with Crippen LogP contribution in [0.2, 0.25) is 0 Å². The van der Waals surface area contributed by atoms with Gasteiger partial charge in [-0.15, -0.1) is 5.10 Å². The molecule has 4 heterocycles. The van der Waals surface area contributed by atoms with Crippen LogP contribution >= 0.6 is 0 Å². The van der Waals surface area contributed by atoms with E-state index in [1.165, 1.54) is 0 Å². The van der Waals surface area contributed by atoms with Gasteiger partial charge in [0.2, 0.25) is 5.95 Å². The summed E-state index contributed by atoms with van der Waals surface area (Å²) in [5.41, 5.74) is 1.93. The molecule has 0 aromatic carbocycles. The monoisotopic (exact) mass is 278 g/mol. The van der Waals surface area contributed by atoms with E-state index < -0.39 is 0 Å². The summed E-state index contributed by atoms with van der Waals surface area (Å²) in [6.45, 7) is 0.867. The summed E-state index contributed by atoms with van der Waals surface area (Å²) in [6.07, 6.45) is 6.28. The van der Waals surface area contributed by atoms with Crippen LogP contribution in [0.5, 0.6) is 0 Å². The minimum Gasteiger partial charge on any atom is -0.354 e. The molecule has 4 rings (SSSR count). The molecule has 0 spiro atoms. The molecule has 1 N–H and O–H groups in total. The normalized spacial score (nSPS) is 17.0. The van der Waals surface area contributed by atoms with E-state index in [1.54, 1.807) is 12.4 Å². The highest BCUT2D eigenvalue weighted by molar-refractivity contribution is 5.55. The van der Waals surface area contributed by atoms with E-state index in [4.69, 9.17) is 0 Å². The topological polar surface area (TPSA) is 68.5 Å². The fraction of sp³-hybridized carbons (Fsp3) is 0.200. The molecule has 3 aromatic rings. The lowest BCUT2D eigenvalue weighted by molar-refractivity contribution is 0.471. The average molecular weight is 278 g/mol. The van der Waals surface area contributed by atoms with E-state index in [0.29, 0.717) is 5.82 Å². The molecule has 1 aliphatic heterocycles. The number of rotatable bonds is 2. The zero-order valence-corrected chi connectivity index (χ0v) is 11.3. The summed E-state index contributed by atoms with van der Waals surface area (Å²) < 4.78 is 1.92. The van der Waals surface area contributed by atoms with Crippen LogP contribution in [0.15, 0.2) is 48.9 Å². The van der Waals surface area contributed by atoms with Crippen LogP contribution in [0.25, 0.3) is 11.4 Å². The van der Waals surface area contributed by atoms with Gasteiger partial charge in [-0.25, -0.2) is 4.68 Å². The van der Waals surface area contributed by atoms with E-state index in [1.807, 2.05) is 41.2 Å². The van der Waals surface area contributed by atoms with Gasteiger partial charge in [-0.2, -0.15) is 4.98 Å². The van der Waals surface area contributed by atoms with Gasteiger partial charge in [0.1, 0.15) is 0 Å². The molecule has 3 aromatic heterocycles. The van der Waals surface area contributed by atoms with Crippen molar-refractivity contribution in [3.05, 3.63) is 54.6 Å². The van der Waals surface area contributed by atoms with Crippen LogP contribution in [-0.2, 0) is 0 Å². The standard InChI is InChI=1S/C15H14N6/c1-2-8-17-12(5-1)13-6-9-18-15-19-14(20-21(13)15)11-4-3-7-16-10-11/h1-5,7-8,10,13H,6,9H2,(H,18,19,20). The van der Waals surface area contributed by atoms with Gasteiger partial charge in [-0.1, -0.05) is 6.07 Å². The Bertz CT molecular complexity index is 737. The molecule has 1 unspecified atom stereocenters. The van der Waals surface area contributed by atoms with Crippen molar-refractivity contribution < 1.29 is 0 Å². The quantitative estimate of drug-likeness (QED) is 0.777. The van der Waals surface area contributed by atoms with E-state index in [0.717, 1.165) is 30.2 Å². The number of nitrogens with one attached hydrogen (secondary N) is 1. The number of fused-ring (bicyclic) bond motifs is 1. The predicted molar refractivity (Wildman–Crippen MR) is 78.7 cm³/mol. The van der Waals surface area contributed by atoms with Crippen molar-refractivity contribution in [2.75, 3.05) is 11.9 Å². The maximum atomic E-state index is 4.64. The highest BCUT2D eigenvalue weighted by atomic mass is 15.4. The summed E-state index contributed by atoms with van der Waals surface area (Å²) in [7, 11) is 0. The molecule has 21 heavy (non-hydrogen) atoms. The van der Waals surface area contributed by atoms with Gasteiger partial charge in [0.05, 0.1) is 11.7 Å². The van der Waals surface area contributed by atoms with Crippen molar-refractivity contribution in [3.8, 4) is 11.4 Å². The lowest BCUT2D eigenvalue weighted by atomic mass is 10.1. The first-order valence-electron chi connectivity index (χ1n) is 6.93. The largest absolute Gasteiger partial charge is 0.354 e. The summed E-state index contributed by atoms with van der Waals surface area (Å²) in [5.74, 6) is 1.48. The lowest BCUT2D eigenvalue weighted by Gasteiger charge is -2.23. The number of hydrogen-bond acceptors (Lipinski definition) is 5. The molecule has 0 amide bonds. The molecule has 0 radical (unpaired) electrons. The molecule has 1 atom stereocenters. The Morgan fingerprint density at radius 3 is 2.95 bits per heavy atom. The number of hydrogen-bond donors (Lipinski definition) is 1. The van der Waals surface area contributed by atoms with Crippen LogP contribution < -0.4 is 5.32 Å². The second-order valence-corrected chi connectivity index (χ2v) is 4.93. The Balaban J connectivity index is 1.77. The van der Waals surface area contributed by atoms with Crippen molar-refractivity contribution in [1.29, 1.82) is 0 Å². The fourth-order valence-corrected chi connectivity index (χ4v) is 2.57. The van der Waals surface area contributed by atoms with Crippen LogP contribution in [-0.4, -0.2) is 31.3 Å². The zero-order valence-electron chi connectivity index (χ0n) is 11.3. The number of aromatic nitrogens is 5. The van der Waals surface area contributed by atoms with E-state index in [9.17, 15) is 0 Å². The Kier molecular flexibility index (Phi) is 2.85. The Labute approximate surface area is 121 Å². The van der Waals surface area contributed by atoms with Gasteiger partial charge >= 0.3 is 0 Å². The maximum absolute atomic E-state index is 4.64. The van der Waals surface area contributed by atoms with Crippen LogP contribution in [0.1, 0.15) is 18.2 Å². The second-order valence-electron chi connectivity index (χ2n) is 4.93. The minimum atomic E-state index is 0.125. The smallest absolute Gasteiger partial charge is 0.222 e. The summed E-state index contributed by atoms with van der Waals surface area (Å²) >= 11 is 0. The van der Waals surface area contributed by atoms with Crippen molar-refractivity contribution in [1.82, 2.24) is 24.7 Å². The molecule has 1 aliphatic rings. The fourth-order valence-electron chi connectivity index (χ4n) is 2.57. The first kappa shape index (κ1) is 12.0. The average Bonchev–Trinajstić information content (AvgIpc) is 3.00. The number of nitrogens with zero attached hydrogens (tertiary/aromatic N) is 5. The molecule has 0 aliphatic carbocycles. The van der Waals surface area contributed by atoms with Crippen LogP contribution in [0.4, 0.5) is 5.95 Å². The van der Waals surface area contributed by atoms with Gasteiger partial charge in [0.25, 0.3) is 0 Å². The van der Waals surface area contributed by atoms with E-state index in [2.05, 4.69) is 25.4 Å². The Morgan fingerprint density at radius 1 is 1.14 bits per heavy atom. The molecule has 104 valence electrons. The third kappa shape index (κ3) is 2.14. The molecular formula is C15H14N6. The van der Waals surface area contributed by atoms with Crippen molar-refractivity contribution >= 4 is 5.95 Å². The van der Waals surface area contributed by atoms with Crippen molar-refractivity contribution in [2.24, 2.45) is 0 Å². The Morgan fingerprint density at radius 2 is 2.14 bits per heavy atom. The molecule has 6 nitrogen and oxygen atoms in total. The first-order valence-corrected chi connectivity index (χ1v) is 6.93. The summed E-state index contributed by atoms with van der Waals surface area (Å²) in [5, 5.41) is 7.94. The minimum absolute atomic E-state index is 0.125. The van der Waals surface area contributed by atoms with Crippen LogP contribution in [0, 0.1) is 0 Å². The lowest BCUT2D eigenvalue weighted by Crippen LogP contribution is -2.25. The van der Waals surface area contributed by atoms with E-state index in [-0.39, 0.29) is 6.04 Å². The third-order valence-corrected chi connectivity index (χ3v) is 3.58. The van der Waals surface area contributed by atoms with Gasteiger partial charge in [-0.3, -0.25) is 9.97 Å². The Hall–Kier alpha value is -2.76. The molecule has 0 bridgehead atoms. The van der Waals surface area contributed by atoms with Gasteiger partial charge in [-0.05, 0) is 30.7 Å². The molecule has 0 saturated heterocycles. The van der Waals surface area contributed by atoms with Gasteiger partial charge in [0.15, 0.2) is 5.82 Å². The highest BCUT2D eigenvalue weighted by Crippen LogP contribution is 2.28. The molecule has 0 saturated carbocycles. The molecular weight excluding hydrogens is 264 g/mol. The van der Waals surface area contributed by atoms with Crippen molar-refractivity contribution in [2.45, 2.75) is 12.5 Å². The highest BCUT2D eigenvalue weighted by Gasteiger charge is 2.25. The first-order chi connectivity index (χ1) is 10.4. The van der Waals surface area contributed by atoms with Crippen molar-refractivity contribution in [3.63, 3.8) is 0 Å². The van der Waals surface area contributed by atoms with Crippen LogP contribution in [0.3, 0.4) is 0 Å². The number of pyridine rings is 2. The zero-order chi connectivity index (χ0) is 14.1. The molecule has 0 fully saturated rings. The summed E-state index contributed by atoms with van der Waals surface area (Å²) in [4.78, 5) is 13.1. The maximum Gasteiger partial charge on any atom is 0.222 e. The van der Waals surface area contributed by atoms with E-state index >= 15 is 0 Å². The van der Waals surface area contributed by atoms with Gasteiger partial charge < -0.3 is 5.32 Å². The summed E-state index contributed by atoms with van der Waals surface area (Å²) in [6, 6.07) is 9.94. The number of anilines is 1. The SMILES string of the molecule is c1ccc(C2CCNc3nc(-c4cccnc4)nn32)nc1. The second kappa shape index (κ2) is 4.97. The van der Waals surface area contributed by atoms with Gasteiger partial charge in [0, 0.05) is 30.7 Å². The third-order valence-electron chi connectivity index (χ3n) is 3.58.